The molecule has 2 aromatic heterocycles. The van der Waals surface area contributed by atoms with Crippen LogP contribution in [0.15, 0.2) is 48.8 Å². The molecule has 11 nitrogen and oxygen atoms in total. The summed E-state index contributed by atoms with van der Waals surface area (Å²) in [6, 6.07) is 14.1. The van der Waals surface area contributed by atoms with Gasteiger partial charge < -0.3 is 29.7 Å². The first-order chi connectivity index (χ1) is 22.9. The lowest BCUT2D eigenvalue weighted by Gasteiger charge is -2.23. The van der Waals surface area contributed by atoms with E-state index in [9.17, 15) is 9.59 Å². The summed E-state index contributed by atoms with van der Waals surface area (Å²) in [6.07, 6.45) is 9.12. The van der Waals surface area contributed by atoms with Crippen molar-refractivity contribution in [2.45, 2.75) is 70.9 Å². The molecule has 47 heavy (non-hydrogen) atoms. The summed E-state index contributed by atoms with van der Waals surface area (Å²) >= 11 is 0. The third kappa shape index (κ3) is 6.29. The molecule has 3 atom stereocenters. The van der Waals surface area contributed by atoms with Gasteiger partial charge in [-0.15, -0.1) is 0 Å². The van der Waals surface area contributed by atoms with Gasteiger partial charge >= 0.3 is 6.09 Å². The SMILES string of the molecule is CCCN(Cc1ncc(-c2ccc3c(c2)COCc2cc(-c4cnc([C@@H]5[C@H]6CCC[C@H](C6)N5C)[nH]4)ccc2-3)[nH]1)C(=O)CNC(=O)OC. The Morgan fingerprint density at radius 3 is 2.40 bits per heavy atom. The Bertz CT molecular complexity index is 1760. The minimum Gasteiger partial charge on any atom is -0.453 e. The van der Waals surface area contributed by atoms with Crippen molar-refractivity contribution in [1.29, 1.82) is 0 Å². The molecule has 2 amide bonds. The third-order valence-electron chi connectivity index (χ3n) is 10.0. The van der Waals surface area contributed by atoms with Crippen LogP contribution in [0.1, 0.15) is 67.8 Å². The van der Waals surface area contributed by atoms with Crippen molar-refractivity contribution < 1.29 is 19.1 Å². The molecule has 11 heteroatoms. The number of likely N-dealkylation sites (tertiary alicyclic amines) is 1. The zero-order valence-corrected chi connectivity index (χ0v) is 27.3. The summed E-state index contributed by atoms with van der Waals surface area (Å²) in [5.41, 5.74) is 8.64. The van der Waals surface area contributed by atoms with Gasteiger partial charge in [0.05, 0.1) is 56.7 Å². The molecular weight excluding hydrogens is 594 g/mol. The van der Waals surface area contributed by atoms with E-state index in [2.05, 4.69) is 73.4 Å². The molecule has 2 aromatic carbocycles. The smallest absolute Gasteiger partial charge is 0.407 e. The number of aromatic amines is 2. The van der Waals surface area contributed by atoms with Gasteiger partial charge in [-0.3, -0.25) is 9.69 Å². The number of imidazole rings is 2. The molecule has 3 N–H and O–H groups in total. The average Bonchev–Trinajstić information content (AvgIpc) is 3.78. The van der Waals surface area contributed by atoms with Gasteiger partial charge in [0, 0.05) is 12.6 Å². The quantitative estimate of drug-likeness (QED) is 0.212. The van der Waals surface area contributed by atoms with E-state index in [1.54, 1.807) is 11.1 Å². The predicted octanol–water partition coefficient (Wildman–Crippen LogP) is 5.80. The molecule has 0 unspecified atom stereocenters. The van der Waals surface area contributed by atoms with Crippen LogP contribution in [0.4, 0.5) is 4.79 Å². The van der Waals surface area contributed by atoms with Gasteiger partial charge in [0.15, 0.2) is 0 Å². The number of ether oxygens (including phenoxy) is 2. The van der Waals surface area contributed by atoms with Crippen LogP contribution in [0.5, 0.6) is 0 Å². The number of carbonyl (C=O) groups excluding carboxylic acids is 2. The number of carbonyl (C=O) groups is 2. The van der Waals surface area contributed by atoms with Crippen molar-refractivity contribution in [1.82, 2.24) is 35.1 Å². The van der Waals surface area contributed by atoms with Gasteiger partial charge in [0.25, 0.3) is 0 Å². The van der Waals surface area contributed by atoms with Crippen molar-refractivity contribution >= 4 is 12.0 Å². The Hall–Kier alpha value is -4.48. The number of H-pyrrole nitrogens is 2. The summed E-state index contributed by atoms with van der Waals surface area (Å²) in [6.45, 7) is 3.78. The molecule has 1 aliphatic carbocycles. The second kappa shape index (κ2) is 13.3. The highest BCUT2D eigenvalue weighted by atomic mass is 16.5. The molecule has 246 valence electrons. The lowest BCUT2D eigenvalue weighted by molar-refractivity contribution is -0.130. The maximum atomic E-state index is 12.7. The first-order valence-corrected chi connectivity index (χ1v) is 16.7. The second-order valence-corrected chi connectivity index (χ2v) is 13.0. The van der Waals surface area contributed by atoms with Crippen LogP contribution >= 0.6 is 0 Å². The highest BCUT2D eigenvalue weighted by Crippen LogP contribution is 2.46. The summed E-state index contributed by atoms with van der Waals surface area (Å²) in [5, 5.41) is 2.46. The minimum absolute atomic E-state index is 0.129. The third-order valence-corrected chi connectivity index (χ3v) is 10.0. The van der Waals surface area contributed by atoms with E-state index in [-0.39, 0.29) is 12.5 Å². The molecule has 2 fully saturated rings. The number of amides is 2. The summed E-state index contributed by atoms with van der Waals surface area (Å²) in [4.78, 5) is 44.8. The molecule has 2 bridgehead atoms. The maximum absolute atomic E-state index is 12.7. The Labute approximate surface area is 275 Å². The van der Waals surface area contributed by atoms with Gasteiger partial charge in [0.1, 0.15) is 18.2 Å². The fourth-order valence-corrected chi connectivity index (χ4v) is 7.69. The Balaban J connectivity index is 1.07. The van der Waals surface area contributed by atoms with E-state index < -0.39 is 6.09 Å². The van der Waals surface area contributed by atoms with Crippen molar-refractivity contribution in [3.63, 3.8) is 0 Å². The maximum Gasteiger partial charge on any atom is 0.407 e. The average molecular weight is 638 g/mol. The van der Waals surface area contributed by atoms with E-state index in [1.165, 1.54) is 38.4 Å². The van der Waals surface area contributed by atoms with Crippen LogP contribution in [-0.4, -0.2) is 75.0 Å². The molecule has 0 radical (unpaired) electrons. The molecule has 1 saturated heterocycles. The number of methoxy groups -OCH3 is 1. The van der Waals surface area contributed by atoms with Gasteiger partial charge in [-0.2, -0.15) is 0 Å². The number of fused-ring (bicyclic) bond motifs is 5. The highest BCUT2D eigenvalue weighted by Gasteiger charge is 2.43. The van der Waals surface area contributed by atoms with Crippen LogP contribution in [0.25, 0.3) is 33.6 Å². The number of alkyl carbamates (subject to hydrolysis) is 1. The molecular formula is C36H43N7O4. The minimum atomic E-state index is -0.633. The molecule has 2 aliphatic heterocycles. The molecule has 0 spiro atoms. The summed E-state index contributed by atoms with van der Waals surface area (Å²) < 4.78 is 10.8. The van der Waals surface area contributed by atoms with Crippen molar-refractivity contribution in [3.8, 4) is 33.6 Å². The van der Waals surface area contributed by atoms with E-state index >= 15 is 0 Å². The highest BCUT2D eigenvalue weighted by molar-refractivity contribution is 5.82. The van der Waals surface area contributed by atoms with Crippen LogP contribution in [0, 0.1) is 5.92 Å². The first-order valence-electron chi connectivity index (χ1n) is 16.7. The number of hydrogen-bond acceptors (Lipinski definition) is 7. The van der Waals surface area contributed by atoms with Crippen LogP contribution < -0.4 is 5.32 Å². The predicted molar refractivity (Wildman–Crippen MR) is 178 cm³/mol. The standard InChI is InChI=1S/C36H43N7O4/c1-4-12-43(33(44)18-39-36(45)46-3)19-32-37-16-30(40-32)22-8-10-28-25(13-22)20-47-21-26-14-23(9-11-29(26)28)31-17-38-35(41-31)34-24-6-5-7-27(15-24)42(34)2/h8-11,13-14,16-17,24,27,34H,4-7,12,15,18-21H2,1-3H3,(H,37,40)(H,38,41)(H,39,45)/t24-,27+,34-/m0/s1. The van der Waals surface area contributed by atoms with Crippen LogP contribution in [0.3, 0.4) is 0 Å². The number of hydrogen-bond donors (Lipinski definition) is 3. The van der Waals surface area contributed by atoms with E-state index in [0.717, 1.165) is 51.5 Å². The monoisotopic (exact) mass is 637 g/mol. The number of nitrogens with zero attached hydrogens (tertiary/aromatic N) is 4. The largest absolute Gasteiger partial charge is 0.453 e. The Morgan fingerprint density at radius 2 is 1.72 bits per heavy atom. The van der Waals surface area contributed by atoms with Gasteiger partial charge in [-0.25, -0.2) is 14.8 Å². The lowest BCUT2D eigenvalue weighted by atomic mass is 9.87. The zero-order valence-electron chi connectivity index (χ0n) is 27.3. The van der Waals surface area contributed by atoms with Gasteiger partial charge in [-0.1, -0.05) is 37.6 Å². The van der Waals surface area contributed by atoms with E-state index in [0.29, 0.717) is 50.1 Å². The molecule has 3 aliphatic rings. The fourth-order valence-electron chi connectivity index (χ4n) is 7.69. The van der Waals surface area contributed by atoms with Crippen LogP contribution in [0.2, 0.25) is 0 Å². The van der Waals surface area contributed by atoms with Crippen molar-refractivity contribution in [2.24, 2.45) is 5.92 Å². The van der Waals surface area contributed by atoms with Gasteiger partial charge in [-0.05, 0) is 84.2 Å². The van der Waals surface area contributed by atoms with E-state index in [4.69, 9.17) is 9.72 Å². The topological polar surface area (TPSA) is 128 Å². The van der Waals surface area contributed by atoms with E-state index in [1.807, 2.05) is 13.1 Å². The van der Waals surface area contributed by atoms with Crippen molar-refractivity contribution in [2.75, 3.05) is 27.2 Å². The summed E-state index contributed by atoms with van der Waals surface area (Å²) in [7, 11) is 3.53. The first kappa shape index (κ1) is 31.1. The number of nitrogens with one attached hydrogen (secondary N) is 3. The van der Waals surface area contributed by atoms with Crippen molar-refractivity contribution in [3.05, 3.63) is 71.6 Å². The Kier molecular flexibility index (Phi) is 8.83. The zero-order chi connectivity index (χ0) is 32.5. The number of aromatic nitrogens is 4. The molecule has 4 aromatic rings. The molecule has 1 saturated carbocycles. The molecule has 7 rings (SSSR count). The number of benzene rings is 2. The normalized spacial score (nSPS) is 20.3. The Morgan fingerprint density at radius 1 is 1.02 bits per heavy atom. The second-order valence-electron chi connectivity index (χ2n) is 13.0. The number of rotatable bonds is 9. The lowest BCUT2D eigenvalue weighted by Crippen LogP contribution is -2.40. The van der Waals surface area contributed by atoms with Crippen LogP contribution in [-0.2, 0) is 34.0 Å². The molecule has 4 heterocycles. The summed E-state index contributed by atoms with van der Waals surface area (Å²) in [5.74, 6) is 2.25. The fraction of sp³-hybridized carbons (Fsp3) is 0.444. The van der Waals surface area contributed by atoms with Gasteiger partial charge in [0.2, 0.25) is 5.91 Å².